The van der Waals surface area contributed by atoms with E-state index in [1.807, 2.05) is 13.0 Å². The Kier molecular flexibility index (Phi) is 2.88. The van der Waals surface area contributed by atoms with Crippen LogP contribution in [0.2, 0.25) is 0 Å². The third-order valence-corrected chi connectivity index (χ3v) is 2.40. The Bertz CT molecular complexity index is 532. The fourth-order valence-electron chi connectivity index (χ4n) is 1.59. The van der Waals surface area contributed by atoms with Gasteiger partial charge in [0.15, 0.2) is 0 Å². The average Bonchev–Trinajstić information content (AvgIpc) is 2.28. The van der Waals surface area contributed by atoms with Gasteiger partial charge in [-0.3, -0.25) is 4.98 Å². The third kappa shape index (κ3) is 2.64. The molecular formula is C13H10F3N. The summed E-state index contributed by atoms with van der Waals surface area (Å²) in [7, 11) is 0. The summed E-state index contributed by atoms with van der Waals surface area (Å²) in [5, 5.41) is 0. The molecule has 0 aliphatic carbocycles. The highest BCUT2D eigenvalue weighted by Crippen LogP contribution is 2.32. The van der Waals surface area contributed by atoms with Crippen LogP contribution in [-0.2, 0) is 6.18 Å². The lowest BCUT2D eigenvalue weighted by Crippen LogP contribution is -2.04. The van der Waals surface area contributed by atoms with Crippen LogP contribution >= 0.6 is 0 Å². The van der Waals surface area contributed by atoms with Crippen LogP contribution in [0.1, 0.15) is 11.1 Å². The molecule has 0 radical (unpaired) electrons. The fraction of sp³-hybridized carbons (Fsp3) is 0.154. The second-order valence-electron chi connectivity index (χ2n) is 3.83. The monoisotopic (exact) mass is 237 g/mol. The molecule has 1 aromatic carbocycles. The molecule has 0 atom stereocenters. The highest BCUT2D eigenvalue weighted by atomic mass is 19.4. The van der Waals surface area contributed by atoms with Gasteiger partial charge in [0.2, 0.25) is 0 Å². The summed E-state index contributed by atoms with van der Waals surface area (Å²) in [6.07, 6.45) is -1.09. The molecule has 0 spiro atoms. The van der Waals surface area contributed by atoms with Gasteiger partial charge in [-0.25, -0.2) is 0 Å². The smallest absolute Gasteiger partial charge is 0.264 e. The van der Waals surface area contributed by atoms with Crippen LogP contribution in [0.4, 0.5) is 13.2 Å². The molecule has 88 valence electrons. The lowest BCUT2D eigenvalue weighted by molar-refractivity contribution is -0.137. The van der Waals surface area contributed by atoms with Crippen molar-refractivity contribution in [1.29, 1.82) is 0 Å². The molecule has 0 amide bonds. The Morgan fingerprint density at radius 3 is 2.41 bits per heavy atom. The van der Waals surface area contributed by atoms with Gasteiger partial charge in [0.1, 0.15) is 0 Å². The van der Waals surface area contributed by atoms with Crippen LogP contribution in [-0.4, -0.2) is 4.98 Å². The maximum atomic E-state index is 12.5. The molecular weight excluding hydrogens is 227 g/mol. The van der Waals surface area contributed by atoms with Crippen molar-refractivity contribution in [2.45, 2.75) is 13.1 Å². The summed E-state index contributed by atoms with van der Waals surface area (Å²) in [6, 6.07) is 7.05. The van der Waals surface area contributed by atoms with Gasteiger partial charge >= 0.3 is 6.18 Å². The van der Waals surface area contributed by atoms with E-state index in [0.717, 1.165) is 17.7 Å². The number of benzene rings is 1. The van der Waals surface area contributed by atoms with Gasteiger partial charge in [-0.15, -0.1) is 0 Å². The normalized spacial score (nSPS) is 11.5. The number of pyridine rings is 1. The average molecular weight is 237 g/mol. The highest BCUT2D eigenvalue weighted by Gasteiger charge is 2.30. The van der Waals surface area contributed by atoms with Crippen molar-refractivity contribution >= 4 is 0 Å². The predicted octanol–water partition coefficient (Wildman–Crippen LogP) is 4.08. The van der Waals surface area contributed by atoms with Gasteiger partial charge in [-0.05, 0) is 36.2 Å². The molecule has 17 heavy (non-hydrogen) atoms. The second-order valence-corrected chi connectivity index (χ2v) is 3.83. The summed E-state index contributed by atoms with van der Waals surface area (Å²) in [4.78, 5) is 3.97. The van der Waals surface area contributed by atoms with E-state index in [1.165, 1.54) is 6.07 Å². The molecule has 0 aliphatic heterocycles. The molecule has 0 aliphatic rings. The largest absolute Gasteiger partial charge is 0.416 e. The van der Waals surface area contributed by atoms with Gasteiger partial charge in [-0.1, -0.05) is 12.1 Å². The zero-order chi connectivity index (χ0) is 12.5. The van der Waals surface area contributed by atoms with E-state index >= 15 is 0 Å². The van der Waals surface area contributed by atoms with Crippen molar-refractivity contribution in [3.05, 3.63) is 53.9 Å². The number of nitrogens with zero attached hydrogens (tertiary/aromatic N) is 1. The van der Waals surface area contributed by atoms with Gasteiger partial charge in [0.05, 0.1) is 5.56 Å². The molecule has 1 heterocycles. The topological polar surface area (TPSA) is 12.9 Å². The van der Waals surface area contributed by atoms with Crippen LogP contribution in [0.5, 0.6) is 0 Å². The number of aromatic nitrogens is 1. The Balaban J connectivity index is 2.47. The van der Waals surface area contributed by atoms with Gasteiger partial charge in [0.25, 0.3) is 0 Å². The number of rotatable bonds is 1. The molecule has 0 fully saturated rings. The molecule has 0 N–H and O–H groups in total. The Hall–Kier alpha value is -1.84. The lowest BCUT2D eigenvalue weighted by Gasteiger charge is -2.08. The van der Waals surface area contributed by atoms with Crippen molar-refractivity contribution in [1.82, 2.24) is 4.98 Å². The lowest BCUT2D eigenvalue weighted by atomic mass is 10.0. The summed E-state index contributed by atoms with van der Waals surface area (Å²) in [5.74, 6) is 0. The van der Waals surface area contributed by atoms with Gasteiger partial charge in [-0.2, -0.15) is 13.2 Å². The molecule has 2 aromatic rings. The summed E-state index contributed by atoms with van der Waals surface area (Å²) < 4.78 is 37.6. The molecule has 0 bridgehead atoms. The predicted molar refractivity (Wildman–Crippen MR) is 59.4 cm³/mol. The quantitative estimate of drug-likeness (QED) is 0.728. The number of hydrogen-bond acceptors (Lipinski definition) is 1. The Morgan fingerprint density at radius 2 is 1.76 bits per heavy atom. The van der Waals surface area contributed by atoms with E-state index in [-0.39, 0.29) is 0 Å². The van der Waals surface area contributed by atoms with Crippen molar-refractivity contribution in [2.75, 3.05) is 0 Å². The molecule has 0 saturated carbocycles. The van der Waals surface area contributed by atoms with E-state index in [4.69, 9.17) is 0 Å². The maximum Gasteiger partial charge on any atom is 0.416 e. The summed E-state index contributed by atoms with van der Waals surface area (Å²) >= 11 is 0. The van der Waals surface area contributed by atoms with E-state index in [0.29, 0.717) is 11.1 Å². The second kappa shape index (κ2) is 4.20. The number of hydrogen-bond donors (Lipinski definition) is 0. The Morgan fingerprint density at radius 1 is 1.00 bits per heavy atom. The molecule has 0 unspecified atom stereocenters. The van der Waals surface area contributed by atoms with E-state index < -0.39 is 11.7 Å². The van der Waals surface area contributed by atoms with E-state index in [2.05, 4.69) is 4.98 Å². The number of halogens is 3. The fourth-order valence-corrected chi connectivity index (χ4v) is 1.59. The molecule has 2 rings (SSSR count). The molecule has 1 nitrogen and oxygen atoms in total. The van der Waals surface area contributed by atoms with Crippen LogP contribution in [0.15, 0.2) is 42.7 Å². The van der Waals surface area contributed by atoms with Gasteiger partial charge in [0, 0.05) is 18.0 Å². The van der Waals surface area contributed by atoms with Gasteiger partial charge < -0.3 is 0 Å². The Labute approximate surface area is 96.9 Å². The van der Waals surface area contributed by atoms with E-state index in [9.17, 15) is 13.2 Å². The van der Waals surface area contributed by atoms with Crippen LogP contribution < -0.4 is 0 Å². The minimum absolute atomic E-state index is 0.524. The van der Waals surface area contributed by atoms with Crippen LogP contribution in [0, 0.1) is 6.92 Å². The van der Waals surface area contributed by atoms with E-state index in [1.54, 1.807) is 18.5 Å². The first-order valence-corrected chi connectivity index (χ1v) is 5.06. The zero-order valence-electron chi connectivity index (χ0n) is 9.12. The van der Waals surface area contributed by atoms with Crippen molar-refractivity contribution in [3.8, 4) is 11.1 Å². The van der Waals surface area contributed by atoms with Crippen molar-refractivity contribution < 1.29 is 13.2 Å². The number of alkyl halides is 3. The minimum atomic E-state index is -4.31. The maximum absolute atomic E-state index is 12.5. The van der Waals surface area contributed by atoms with Crippen LogP contribution in [0.25, 0.3) is 11.1 Å². The first kappa shape index (κ1) is 11.6. The molecule has 4 heteroatoms. The molecule has 0 saturated heterocycles. The third-order valence-electron chi connectivity index (χ3n) is 2.40. The summed E-state index contributed by atoms with van der Waals surface area (Å²) in [5.41, 5.74) is 1.49. The minimum Gasteiger partial charge on any atom is -0.264 e. The first-order chi connectivity index (χ1) is 7.97. The standard InChI is InChI=1S/C13H10F3N/c1-9-5-11(8-17-7-9)10-3-2-4-12(6-10)13(14,15)16/h2-8H,1H3. The zero-order valence-corrected chi connectivity index (χ0v) is 9.12. The highest BCUT2D eigenvalue weighted by molar-refractivity contribution is 5.63. The number of aryl methyl sites for hydroxylation is 1. The van der Waals surface area contributed by atoms with Crippen molar-refractivity contribution in [2.24, 2.45) is 0 Å². The first-order valence-electron chi connectivity index (χ1n) is 5.06. The van der Waals surface area contributed by atoms with Crippen molar-refractivity contribution in [3.63, 3.8) is 0 Å². The molecule has 1 aromatic heterocycles. The summed E-state index contributed by atoms with van der Waals surface area (Å²) in [6.45, 7) is 1.85. The van der Waals surface area contributed by atoms with Crippen LogP contribution in [0.3, 0.4) is 0 Å². The SMILES string of the molecule is Cc1cncc(-c2cccc(C(F)(F)F)c2)c1.